The van der Waals surface area contributed by atoms with Crippen LogP contribution in [0.3, 0.4) is 0 Å². The molecule has 0 aliphatic rings. The molecular weight excluding hydrogens is 332 g/mol. The number of thioether (sulfide) groups is 1. The van der Waals surface area contributed by atoms with Crippen LogP contribution in [-0.4, -0.2) is 38.2 Å². The number of hydrogen-bond donors (Lipinski definition) is 2. The third-order valence-corrected chi connectivity index (χ3v) is 5.18. The molecule has 2 aromatic heterocycles. The van der Waals surface area contributed by atoms with Crippen LogP contribution in [-0.2, 0) is 11.8 Å². The minimum atomic E-state index is -0.0684. The van der Waals surface area contributed by atoms with E-state index < -0.39 is 0 Å². The first-order chi connectivity index (χ1) is 10.9. The molecule has 0 atom stereocenters. The Balaban J connectivity index is 1.85. The van der Waals surface area contributed by atoms with Crippen molar-refractivity contribution in [2.45, 2.75) is 32.0 Å². The first-order valence-corrected chi connectivity index (χ1v) is 9.17. The molecule has 0 aromatic carbocycles. The molecule has 7 nitrogen and oxygen atoms in total. The molecule has 0 bridgehead atoms. The lowest BCUT2D eigenvalue weighted by atomic mass is 10.2. The molecular formula is C14H22N6OS2. The number of aryl methyl sites for hydroxylation is 2. The van der Waals surface area contributed by atoms with Gasteiger partial charge in [-0.15, -0.1) is 10.2 Å². The maximum absolute atomic E-state index is 12.1. The Morgan fingerprint density at radius 2 is 2.09 bits per heavy atom. The zero-order valence-electron chi connectivity index (χ0n) is 14.0. The summed E-state index contributed by atoms with van der Waals surface area (Å²) in [6.45, 7) is 8.94. The average molecular weight is 355 g/mol. The molecule has 2 aromatic rings. The highest BCUT2D eigenvalue weighted by Crippen LogP contribution is 2.26. The van der Waals surface area contributed by atoms with Crippen molar-refractivity contribution >= 4 is 39.8 Å². The van der Waals surface area contributed by atoms with Gasteiger partial charge in [0.25, 0.3) is 0 Å². The fourth-order valence-electron chi connectivity index (χ4n) is 1.89. The number of nitrogens with one attached hydrogen (secondary N) is 2. The van der Waals surface area contributed by atoms with Gasteiger partial charge in [-0.05, 0) is 19.8 Å². The summed E-state index contributed by atoms with van der Waals surface area (Å²) in [5.74, 6) is 0.778. The Labute approximate surface area is 144 Å². The van der Waals surface area contributed by atoms with Crippen LogP contribution < -0.4 is 10.6 Å². The molecule has 2 rings (SSSR count). The highest BCUT2D eigenvalue weighted by Gasteiger charge is 2.13. The summed E-state index contributed by atoms with van der Waals surface area (Å²) >= 11 is 2.85. The SMILES string of the molecule is Cc1nn(C)c(C)c1NC(=O)CSc1nnc(NCC(C)C)s1. The summed E-state index contributed by atoms with van der Waals surface area (Å²) in [5, 5.41) is 19.4. The number of hydrogen-bond acceptors (Lipinski definition) is 7. The van der Waals surface area contributed by atoms with Crippen molar-refractivity contribution in [2.24, 2.45) is 13.0 Å². The molecule has 2 N–H and O–H groups in total. The van der Waals surface area contributed by atoms with Gasteiger partial charge in [0.15, 0.2) is 4.34 Å². The Morgan fingerprint density at radius 3 is 2.70 bits per heavy atom. The summed E-state index contributed by atoms with van der Waals surface area (Å²) in [6, 6.07) is 0. The second kappa shape index (κ2) is 7.78. The second-order valence-electron chi connectivity index (χ2n) is 5.65. The van der Waals surface area contributed by atoms with Crippen LogP contribution in [0.15, 0.2) is 4.34 Å². The van der Waals surface area contributed by atoms with E-state index in [1.165, 1.54) is 23.1 Å². The summed E-state index contributed by atoms with van der Waals surface area (Å²) in [5.41, 5.74) is 2.55. The van der Waals surface area contributed by atoms with Gasteiger partial charge in [-0.2, -0.15) is 5.10 Å². The zero-order valence-corrected chi connectivity index (χ0v) is 15.6. The third kappa shape index (κ3) is 4.93. The van der Waals surface area contributed by atoms with Gasteiger partial charge >= 0.3 is 0 Å². The number of nitrogens with zero attached hydrogens (tertiary/aromatic N) is 4. The van der Waals surface area contributed by atoms with Crippen molar-refractivity contribution < 1.29 is 4.79 Å². The van der Waals surface area contributed by atoms with Gasteiger partial charge in [-0.1, -0.05) is 36.9 Å². The lowest BCUT2D eigenvalue weighted by Gasteiger charge is -2.04. The molecule has 0 radical (unpaired) electrons. The molecule has 0 fully saturated rings. The van der Waals surface area contributed by atoms with Gasteiger partial charge in [0.1, 0.15) is 0 Å². The fraction of sp³-hybridized carbons (Fsp3) is 0.571. The Hall–Kier alpha value is -1.61. The maximum atomic E-state index is 12.1. The Bertz CT molecular complexity index is 679. The predicted octanol–water partition coefficient (Wildman–Crippen LogP) is 2.69. The van der Waals surface area contributed by atoms with Gasteiger partial charge in [0.05, 0.1) is 22.8 Å². The summed E-state index contributed by atoms with van der Waals surface area (Å²) in [6.07, 6.45) is 0. The number of aromatic nitrogens is 4. The zero-order chi connectivity index (χ0) is 17.0. The summed E-state index contributed by atoms with van der Waals surface area (Å²) in [7, 11) is 1.86. The van der Waals surface area contributed by atoms with E-state index >= 15 is 0 Å². The third-order valence-electron chi connectivity index (χ3n) is 3.17. The number of carbonyl (C=O) groups is 1. The molecule has 0 saturated heterocycles. The van der Waals surface area contributed by atoms with Crippen LogP contribution in [0.2, 0.25) is 0 Å². The number of amides is 1. The Morgan fingerprint density at radius 1 is 1.35 bits per heavy atom. The topological polar surface area (TPSA) is 84.7 Å². The highest BCUT2D eigenvalue weighted by atomic mass is 32.2. The summed E-state index contributed by atoms with van der Waals surface area (Å²) < 4.78 is 2.54. The van der Waals surface area contributed by atoms with Crippen LogP contribution >= 0.6 is 23.1 Å². The predicted molar refractivity (Wildman–Crippen MR) is 95.3 cm³/mol. The van der Waals surface area contributed by atoms with Crippen LogP contribution in [0.4, 0.5) is 10.8 Å². The lowest BCUT2D eigenvalue weighted by Crippen LogP contribution is -2.15. The Kier molecular flexibility index (Phi) is 6.00. The minimum absolute atomic E-state index is 0.0684. The van der Waals surface area contributed by atoms with Crippen molar-refractivity contribution in [3.63, 3.8) is 0 Å². The molecule has 9 heteroatoms. The van der Waals surface area contributed by atoms with E-state index in [2.05, 4.69) is 39.8 Å². The monoisotopic (exact) mass is 354 g/mol. The highest BCUT2D eigenvalue weighted by molar-refractivity contribution is 8.01. The molecule has 0 spiro atoms. The smallest absolute Gasteiger partial charge is 0.234 e. The van der Waals surface area contributed by atoms with Gasteiger partial charge in [-0.25, -0.2) is 0 Å². The molecule has 1 amide bonds. The molecule has 0 saturated carbocycles. The van der Waals surface area contributed by atoms with E-state index in [1.54, 1.807) is 4.68 Å². The molecule has 0 aliphatic heterocycles. The normalized spacial score (nSPS) is 11.0. The largest absolute Gasteiger partial charge is 0.360 e. The fourth-order valence-corrected chi connectivity index (χ4v) is 3.45. The van der Waals surface area contributed by atoms with Gasteiger partial charge in [0, 0.05) is 13.6 Å². The van der Waals surface area contributed by atoms with Crippen molar-refractivity contribution in [3.05, 3.63) is 11.4 Å². The van der Waals surface area contributed by atoms with Crippen LogP contribution in [0.25, 0.3) is 0 Å². The van der Waals surface area contributed by atoms with Crippen LogP contribution in [0, 0.1) is 19.8 Å². The summed E-state index contributed by atoms with van der Waals surface area (Å²) in [4.78, 5) is 12.1. The molecule has 0 aliphatic carbocycles. The van der Waals surface area contributed by atoms with E-state index in [0.29, 0.717) is 11.7 Å². The van der Waals surface area contributed by atoms with Crippen molar-refractivity contribution in [1.29, 1.82) is 0 Å². The number of carbonyl (C=O) groups excluding carboxylic acids is 1. The van der Waals surface area contributed by atoms with Crippen LogP contribution in [0.5, 0.6) is 0 Å². The van der Waals surface area contributed by atoms with E-state index in [0.717, 1.165) is 33.1 Å². The standard InChI is InChI=1S/C14H22N6OS2/c1-8(2)6-15-13-17-18-14(23-13)22-7-11(21)16-12-9(3)19-20(5)10(12)4/h8H,6-7H2,1-5H3,(H,15,17)(H,16,21). The molecule has 126 valence electrons. The van der Waals surface area contributed by atoms with Crippen molar-refractivity contribution in [1.82, 2.24) is 20.0 Å². The second-order valence-corrected chi connectivity index (χ2v) is 7.85. The number of anilines is 2. The van der Waals surface area contributed by atoms with E-state index in [4.69, 9.17) is 0 Å². The molecule has 23 heavy (non-hydrogen) atoms. The quantitative estimate of drug-likeness (QED) is 0.744. The first kappa shape index (κ1) is 17.7. The average Bonchev–Trinajstić information content (AvgIpc) is 3.03. The molecule has 2 heterocycles. The van der Waals surface area contributed by atoms with Crippen LogP contribution in [0.1, 0.15) is 25.2 Å². The van der Waals surface area contributed by atoms with Gasteiger partial charge in [-0.3, -0.25) is 9.48 Å². The van der Waals surface area contributed by atoms with E-state index in [9.17, 15) is 4.79 Å². The van der Waals surface area contributed by atoms with E-state index in [1.807, 2.05) is 20.9 Å². The van der Waals surface area contributed by atoms with Gasteiger partial charge < -0.3 is 10.6 Å². The number of rotatable bonds is 7. The minimum Gasteiger partial charge on any atom is -0.360 e. The lowest BCUT2D eigenvalue weighted by molar-refractivity contribution is -0.113. The maximum Gasteiger partial charge on any atom is 0.234 e. The first-order valence-electron chi connectivity index (χ1n) is 7.37. The van der Waals surface area contributed by atoms with Gasteiger partial charge in [0.2, 0.25) is 11.0 Å². The van der Waals surface area contributed by atoms with Crippen molar-refractivity contribution in [2.75, 3.05) is 22.9 Å². The molecule has 0 unspecified atom stereocenters. The van der Waals surface area contributed by atoms with E-state index in [-0.39, 0.29) is 5.91 Å². The van der Waals surface area contributed by atoms with Crippen molar-refractivity contribution in [3.8, 4) is 0 Å².